The van der Waals surface area contributed by atoms with Gasteiger partial charge in [-0.25, -0.2) is 0 Å². The fraction of sp³-hybridized carbons (Fsp3) is 0.217. The Kier molecular flexibility index (Phi) is 4.40. The first kappa shape index (κ1) is 17.3. The standard InChI is InChI=1S/C23H22N2O2/c1-25-19(17-9-4-2-5-10-17)14-15-20(25)23(16-8-13-21(23)26)24-22(27)18-11-6-3-7-12-18/h2-7,9-12,14-15H,8,13,16H2,1H3,(H,24,27). The highest BCUT2D eigenvalue weighted by molar-refractivity contribution is 6.01. The second-order valence-corrected chi connectivity index (χ2v) is 7.03. The molecule has 4 rings (SSSR count). The number of aromatic nitrogens is 1. The van der Waals surface area contributed by atoms with Crippen molar-refractivity contribution in [3.8, 4) is 11.3 Å². The third-order valence-corrected chi connectivity index (χ3v) is 5.42. The number of amides is 1. The van der Waals surface area contributed by atoms with E-state index in [9.17, 15) is 9.59 Å². The summed E-state index contributed by atoms with van der Waals surface area (Å²) in [5.74, 6) is -0.138. The Labute approximate surface area is 158 Å². The normalized spacial score (nSPS) is 19.2. The predicted molar refractivity (Wildman–Crippen MR) is 105 cm³/mol. The molecule has 0 radical (unpaired) electrons. The van der Waals surface area contributed by atoms with Gasteiger partial charge in [-0.1, -0.05) is 48.5 Å². The van der Waals surface area contributed by atoms with Gasteiger partial charge in [0.15, 0.2) is 5.78 Å². The van der Waals surface area contributed by atoms with Gasteiger partial charge in [-0.2, -0.15) is 0 Å². The molecule has 1 aliphatic carbocycles. The maximum atomic E-state index is 12.9. The number of hydrogen-bond donors (Lipinski definition) is 1. The average molecular weight is 358 g/mol. The molecule has 4 heteroatoms. The van der Waals surface area contributed by atoms with E-state index in [1.54, 1.807) is 12.1 Å². The first-order valence-corrected chi connectivity index (χ1v) is 9.24. The van der Waals surface area contributed by atoms with Crippen molar-refractivity contribution in [3.63, 3.8) is 0 Å². The lowest BCUT2D eigenvalue weighted by molar-refractivity contribution is -0.123. The molecule has 1 amide bonds. The van der Waals surface area contributed by atoms with Crippen molar-refractivity contribution < 1.29 is 9.59 Å². The van der Waals surface area contributed by atoms with Gasteiger partial charge in [0.05, 0.1) is 5.69 Å². The summed E-state index contributed by atoms with van der Waals surface area (Å²) < 4.78 is 2.03. The number of benzene rings is 2. The summed E-state index contributed by atoms with van der Waals surface area (Å²) in [7, 11) is 1.96. The number of hydrogen-bond acceptors (Lipinski definition) is 2. The second kappa shape index (κ2) is 6.88. The molecule has 136 valence electrons. The number of carbonyl (C=O) groups is 2. The monoisotopic (exact) mass is 358 g/mol. The SMILES string of the molecule is Cn1c(-c2ccccc2)ccc1C1(NC(=O)c2ccccc2)CCCC1=O. The van der Waals surface area contributed by atoms with Crippen LogP contribution in [-0.4, -0.2) is 16.3 Å². The molecule has 0 aliphatic heterocycles. The van der Waals surface area contributed by atoms with E-state index in [0.29, 0.717) is 18.4 Å². The lowest BCUT2D eigenvalue weighted by atomic mass is 9.91. The number of ketones is 1. The molecule has 0 saturated heterocycles. The first-order valence-electron chi connectivity index (χ1n) is 9.24. The number of nitrogens with zero attached hydrogens (tertiary/aromatic N) is 1. The Bertz CT molecular complexity index is 976. The molecule has 1 aromatic heterocycles. The summed E-state index contributed by atoms with van der Waals surface area (Å²) in [6, 6.07) is 23.1. The van der Waals surface area contributed by atoms with Crippen molar-refractivity contribution >= 4 is 11.7 Å². The molecule has 2 aromatic carbocycles. The molecule has 0 spiro atoms. The maximum absolute atomic E-state index is 12.9. The molecule has 1 saturated carbocycles. The zero-order chi connectivity index (χ0) is 18.9. The van der Waals surface area contributed by atoms with Gasteiger partial charge in [0.2, 0.25) is 0 Å². The fourth-order valence-corrected chi connectivity index (χ4v) is 4.03. The van der Waals surface area contributed by atoms with E-state index in [0.717, 1.165) is 23.4 Å². The van der Waals surface area contributed by atoms with Crippen LogP contribution in [0.1, 0.15) is 35.3 Å². The zero-order valence-corrected chi connectivity index (χ0v) is 15.3. The molecule has 0 bridgehead atoms. The Morgan fingerprint density at radius 3 is 2.26 bits per heavy atom. The van der Waals surface area contributed by atoms with Crippen LogP contribution in [0.2, 0.25) is 0 Å². The molecule has 1 heterocycles. The molecule has 1 unspecified atom stereocenters. The summed E-state index contributed by atoms with van der Waals surface area (Å²) in [6.07, 6.45) is 1.89. The number of nitrogens with one attached hydrogen (secondary N) is 1. The van der Waals surface area contributed by atoms with Gasteiger partial charge in [-0.3, -0.25) is 9.59 Å². The Morgan fingerprint density at radius 1 is 0.963 bits per heavy atom. The van der Waals surface area contributed by atoms with E-state index < -0.39 is 5.54 Å². The van der Waals surface area contributed by atoms with E-state index in [-0.39, 0.29) is 11.7 Å². The summed E-state index contributed by atoms with van der Waals surface area (Å²) in [5, 5.41) is 3.07. The highest BCUT2D eigenvalue weighted by Crippen LogP contribution is 2.38. The van der Waals surface area contributed by atoms with Crippen LogP contribution in [-0.2, 0) is 17.4 Å². The lowest BCUT2D eigenvalue weighted by Gasteiger charge is -2.30. The van der Waals surface area contributed by atoms with Crippen LogP contribution in [0.15, 0.2) is 72.8 Å². The van der Waals surface area contributed by atoms with Crippen LogP contribution in [0.5, 0.6) is 0 Å². The van der Waals surface area contributed by atoms with Crippen LogP contribution in [0, 0.1) is 0 Å². The average Bonchev–Trinajstić information content (AvgIpc) is 3.26. The minimum atomic E-state index is -0.964. The van der Waals surface area contributed by atoms with E-state index in [4.69, 9.17) is 0 Å². The topological polar surface area (TPSA) is 51.1 Å². The Balaban J connectivity index is 1.75. The number of rotatable bonds is 4. The number of Topliss-reactive ketones (excluding diaryl/α,β-unsaturated/α-hetero) is 1. The predicted octanol–water partition coefficient (Wildman–Crippen LogP) is 4.07. The molecule has 3 aromatic rings. The van der Waals surface area contributed by atoms with Crippen molar-refractivity contribution in [2.24, 2.45) is 7.05 Å². The highest BCUT2D eigenvalue weighted by atomic mass is 16.2. The molecule has 1 atom stereocenters. The highest BCUT2D eigenvalue weighted by Gasteiger charge is 2.46. The zero-order valence-electron chi connectivity index (χ0n) is 15.3. The van der Waals surface area contributed by atoms with E-state index >= 15 is 0 Å². The van der Waals surface area contributed by atoms with Crippen LogP contribution in [0.4, 0.5) is 0 Å². The summed E-state index contributed by atoms with van der Waals surface area (Å²) in [6.45, 7) is 0. The van der Waals surface area contributed by atoms with Gasteiger partial charge in [0.25, 0.3) is 5.91 Å². The summed E-state index contributed by atoms with van der Waals surface area (Å²) in [4.78, 5) is 25.8. The van der Waals surface area contributed by atoms with Crippen LogP contribution in [0.3, 0.4) is 0 Å². The van der Waals surface area contributed by atoms with Gasteiger partial charge >= 0.3 is 0 Å². The largest absolute Gasteiger partial charge is 0.345 e. The van der Waals surface area contributed by atoms with Crippen molar-refractivity contribution in [2.75, 3.05) is 0 Å². The molecule has 1 fully saturated rings. The quantitative estimate of drug-likeness (QED) is 0.764. The summed E-state index contributed by atoms with van der Waals surface area (Å²) >= 11 is 0. The van der Waals surface area contributed by atoms with E-state index in [1.807, 2.05) is 72.3 Å². The maximum Gasteiger partial charge on any atom is 0.252 e. The molecule has 27 heavy (non-hydrogen) atoms. The van der Waals surface area contributed by atoms with Crippen molar-refractivity contribution in [1.82, 2.24) is 9.88 Å². The van der Waals surface area contributed by atoms with Gasteiger partial charge < -0.3 is 9.88 Å². The summed E-state index contributed by atoms with van der Waals surface area (Å²) in [5.41, 5.74) is 2.55. The van der Waals surface area contributed by atoms with Crippen molar-refractivity contribution in [3.05, 3.63) is 84.1 Å². The Morgan fingerprint density at radius 2 is 1.63 bits per heavy atom. The van der Waals surface area contributed by atoms with Gasteiger partial charge in [0.1, 0.15) is 5.54 Å². The van der Waals surface area contributed by atoms with Gasteiger partial charge in [-0.15, -0.1) is 0 Å². The van der Waals surface area contributed by atoms with Gasteiger partial charge in [-0.05, 0) is 42.7 Å². The minimum Gasteiger partial charge on any atom is -0.345 e. The van der Waals surface area contributed by atoms with Crippen LogP contribution < -0.4 is 5.32 Å². The third-order valence-electron chi connectivity index (χ3n) is 5.42. The molecular formula is C23H22N2O2. The second-order valence-electron chi connectivity index (χ2n) is 7.03. The Hall–Kier alpha value is -3.14. The molecular weight excluding hydrogens is 336 g/mol. The molecule has 1 N–H and O–H groups in total. The lowest BCUT2D eigenvalue weighted by Crippen LogP contribution is -2.50. The van der Waals surface area contributed by atoms with Crippen molar-refractivity contribution in [2.45, 2.75) is 24.8 Å². The molecule has 4 nitrogen and oxygen atoms in total. The fourth-order valence-electron chi connectivity index (χ4n) is 4.03. The van der Waals surface area contributed by atoms with E-state index in [2.05, 4.69) is 5.32 Å². The molecule has 1 aliphatic rings. The van der Waals surface area contributed by atoms with Crippen LogP contribution in [0.25, 0.3) is 11.3 Å². The van der Waals surface area contributed by atoms with Crippen molar-refractivity contribution in [1.29, 1.82) is 0 Å². The first-order chi connectivity index (χ1) is 13.1. The van der Waals surface area contributed by atoms with Gasteiger partial charge in [0, 0.05) is 24.7 Å². The van der Waals surface area contributed by atoms with E-state index in [1.165, 1.54) is 0 Å². The minimum absolute atomic E-state index is 0.0765. The number of carbonyl (C=O) groups excluding carboxylic acids is 2. The third kappa shape index (κ3) is 2.97. The van der Waals surface area contributed by atoms with Crippen LogP contribution >= 0.6 is 0 Å². The smallest absolute Gasteiger partial charge is 0.252 e.